The van der Waals surface area contributed by atoms with Gasteiger partial charge in [0.05, 0.1) is 5.52 Å². The highest BCUT2D eigenvalue weighted by Gasteiger charge is 2.07. The molecule has 2 aromatic rings. The Kier molecular flexibility index (Phi) is 2.24. The third-order valence-corrected chi connectivity index (χ3v) is 2.09. The van der Waals surface area contributed by atoms with E-state index in [-0.39, 0.29) is 5.78 Å². The van der Waals surface area contributed by atoms with E-state index in [0.29, 0.717) is 5.56 Å². The second-order valence-corrected chi connectivity index (χ2v) is 2.96. The Morgan fingerprint density at radius 3 is 2.93 bits per heavy atom. The van der Waals surface area contributed by atoms with Gasteiger partial charge < -0.3 is 5.11 Å². The van der Waals surface area contributed by atoms with Crippen LogP contribution in [0.5, 0.6) is 0 Å². The Labute approximate surface area is 81.0 Å². The van der Waals surface area contributed by atoms with E-state index in [2.05, 4.69) is 4.98 Å². The first-order valence-electron chi connectivity index (χ1n) is 4.31. The number of aliphatic hydroxyl groups excluding tert-OH is 1. The predicted octanol–water partition coefficient (Wildman–Crippen LogP) is 1.41. The molecular weight excluding hydrogens is 178 g/mol. The summed E-state index contributed by atoms with van der Waals surface area (Å²) in [4.78, 5) is 15.5. The number of aliphatic hydroxyl groups is 1. The number of aromatic nitrogens is 1. The van der Waals surface area contributed by atoms with Gasteiger partial charge in [-0.2, -0.15) is 0 Å². The average molecular weight is 187 g/mol. The molecule has 0 radical (unpaired) electrons. The van der Waals surface area contributed by atoms with Crippen molar-refractivity contribution in [1.82, 2.24) is 4.98 Å². The summed E-state index contributed by atoms with van der Waals surface area (Å²) in [5.41, 5.74) is 1.30. The summed E-state index contributed by atoms with van der Waals surface area (Å²) in [5.74, 6) is -0.274. The van der Waals surface area contributed by atoms with Crippen LogP contribution in [0.4, 0.5) is 0 Å². The van der Waals surface area contributed by atoms with Crippen LogP contribution in [0.2, 0.25) is 0 Å². The van der Waals surface area contributed by atoms with Crippen LogP contribution in [0.15, 0.2) is 36.5 Å². The molecule has 14 heavy (non-hydrogen) atoms. The van der Waals surface area contributed by atoms with E-state index in [9.17, 15) is 4.79 Å². The fourth-order valence-corrected chi connectivity index (χ4v) is 1.43. The Morgan fingerprint density at radius 2 is 2.14 bits per heavy atom. The third-order valence-electron chi connectivity index (χ3n) is 2.09. The zero-order valence-electron chi connectivity index (χ0n) is 7.47. The van der Waals surface area contributed by atoms with Crippen LogP contribution in [0.1, 0.15) is 10.4 Å². The van der Waals surface area contributed by atoms with Crippen molar-refractivity contribution in [2.45, 2.75) is 0 Å². The Balaban J connectivity index is 2.71. The number of rotatable bonds is 2. The van der Waals surface area contributed by atoms with Crippen molar-refractivity contribution >= 4 is 16.7 Å². The minimum Gasteiger partial charge on any atom is -0.388 e. The summed E-state index contributed by atoms with van der Waals surface area (Å²) >= 11 is 0. The van der Waals surface area contributed by atoms with E-state index >= 15 is 0 Å². The van der Waals surface area contributed by atoms with Gasteiger partial charge in [-0.3, -0.25) is 9.78 Å². The van der Waals surface area contributed by atoms with E-state index in [0.717, 1.165) is 10.9 Å². The number of Topliss-reactive ketones (excluding diaryl/α,β-unsaturated/α-hetero) is 1. The van der Waals surface area contributed by atoms with E-state index in [1.165, 1.54) is 0 Å². The molecule has 0 atom stereocenters. The van der Waals surface area contributed by atoms with Gasteiger partial charge in [-0.15, -0.1) is 0 Å². The summed E-state index contributed by atoms with van der Waals surface area (Å²) in [7, 11) is 0. The van der Waals surface area contributed by atoms with Crippen molar-refractivity contribution in [2.75, 3.05) is 6.61 Å². The SMILES string of the molecule is O=C(CO)c1cccc2ncccc12. The van der Waals surface area contributed by atoms with E-state index in [4.69, 9.17) is 5.11 Å². The summed E-state index contributed by atoms with van der Waals surface area (Å²) in [5, 5.41) is 9.56. The molecule has 0 saturated heterocycles. The molecular formula is C11H9NO2. The first-order valence-corrected chi connectivity index (χ1v) is 4.31. The van der Waals surface area contributed by atoms with Crippen LogP contribution in [-0.2, 0) is 0 Å². The summed E-state index contributed by atoms with van der Waals surface area (Å²) in [6, 6.07) is 8.89. The molecule has 0 aliphatic rings. The second-order valence-electron chi connectivity index (χ2n) is 2.96. The van der Waals surface area contributed by atoms with Crippen LogP contribution in [0, 0.1) is 0 Å². The molecule has 0 aliphatic heterocycles. The van der Waals surface area contributed by atoms with Crippen LogP contribution >= 0.6 is 0 Å². The summed E-state index contributed by atoms with van der Waals surface area (Å²) < 4.78 is 0. The van der Waals surface area contributed by atoms with E-state index < -0.39 is 6.61 Å². The molecule has 0 spiro atoms. The molecule has 0 unspecified atom stereocenters. The molecule has 3 nitrogen and oxygen atoms in total. The first-order chi connectivity index (χ1) is 6.83. The molecule has 3 heteroatoms. The van der Waals surface area contributed by atoms with Gasteiger partial charge in [0.1, 0.15) is 6.61 Å². The minimum atomic E-state index is -0.464. The first kappa shape index (κ1) is 8.84. The summed E-state index contributed by atoms with van der Waals surface area (Å²) in [6.07, 6.45) is 1.68. The Hall–Kier alpha value is -1.74. The Bertz CT molecular complexity index is 474. The number of fused-ring (bicyclic) bond motifs is 1. The van der Waals surface area contributed by atoms with Gasteiger partial charge >= 0.3 is 0 Å². The van der Waals surface area contributed by atoms with Crippen LogP contribution in [0.25, 0.3) is 10.9 Å². The zero-order chi connectivity index (χ0) is 9.97. The van der Waals surface area contributed by atoms with Crippen molar-refractivity contribution in [3.8, 4) is 0 Å². The highest BCUT2D eigenvalue weighted by atomic mass is 16.3. The molecule has 1 aromatic carbocycles. The van der Waals surface area contributed by atoms with Crippen molar-refractivity contribution in [1.29, 1.82) is 0 Å². The third kappa shape index (κ3) is 1.38. The number of hydrogen-bond donors (Lipinski definition) is 1. The smallest absolute Gasteiger partial charge is 0.188 e. The number of carbonyl (C=O) groups excluding carboxylic acids is 1. The highest BCUT2D eigenvalue weighted by molar-refractivity contribution is 6.07. The zero-order valence-corrected chi connectivity index (χ0v) is 7.47. The largest absolute Gasteiger partial charge is 0.388 e. The van der Waals surface area contributed by atoms with Gasteiger partial charge in [0.2, 0.25) is 0 Å². The highest BCUT2D eigenvalue weighted by Crippen LogP contribution is 2.16. The van der Waals surface area contributed by atoms with Gasteiger partial charge in [-0.25, -0.2) is 0 Å². The van der Waals surface area contributed by atoms with Crippen LogP contribution < -0.4 is 0 Å². The van der Waals surface area contributed by atoms with Crippen LogP contribution in [-0.4, -0.2) is 22.5 Å². The quantitative estimate of drug-likeness (QED) is 0.723. The standard InChI is InChI=1S/C11H9NO2/c13-7-11(14)9-3-1-5-10-8(9)4-2-6-12-10/h1-6,13H,7H2. The number of benzene rings is 1. The number of nitrogens with zero attached hydrogens (tertiary/aromatic N) is 1. The van der Waals surface area contributed by atoms with Crippen molar-refractivity contribution < 1.29 is 9.90 Å². The van der Waals surface area contributed by atoms with E-state index in [1.807, 2.05) is 12.1 Å². The number of ketones is 1. The molecule has 1 heterocycles. The number of hydrogen-bond acceptors (Lipinski definition) is 3. The fraction of sp³-hybridized carbons (Fsp3) is 0.0909. The fourth-order valence-electron chi connectivity index (χ4n) is 1.43. The molecule has 0 amide bonds. The number of pyridine rings is 1. The molecule has 0 saturated carbocycles. The lowest BCUT2D eigenvalue weighted by Gasteiger charge is -2.02. The predicted molar refractivity (Wildman–Crippen MR) is 53.2 cm³/mol. The number of carbonyl (C=O) groups is 1. The van der Waals surface area contributed by atoms with Gasteiger partial charge in [0.25, 0.3) is 0 Å². The monoisotopic (exact) mass is 187 g/mol. The van der Waals surface area contributed by atoms with Gasteiger partial charge in [0, 0.05) is 17.1 Å². The lowest BCUT2D eigenvalue weighted by atomic mass is 10.1. The average Bonchev–Trinajstić information content (AvgIpc) is 2.27. The molecule has 1 aromatic heterocycles. The van der Waals surface area contributed by atoms with Crippen molar-refractivity contribution in [2.24, 2.45) is 0 Å². The van der Waals surface area contributed by atoms with Crippen LogP contribution in [0.3, 0.4) is 0 Å². The lowest BCUT2D eigenvalue weighted by molar-refractivity contribution is 0.0905. The minimum absolute atomic E-state index is 0.274. The van der Waals surface area contributed by atoms with Gasteiger partial charge in [-0.05, 0) is 12.1 Å². The van der Waals surface area contributed by atoms with Gasteiger partial charge in [-0.1, -0.05) is 18.2 Å². The van der Waals surface area contributed by atoms with E-state index in [1.54, 1.807) is 24.4 Å². The topological polar surface area (TPSA) is 50.2 Å². The lowest BCUT2D eigenvalue weighted by Crippen LogP contribution is -2.04. The molecule has 1 N–H and O–H groups in total. The maximum atomic E-state index is 11.3. The normalized spacial score (nSPS) is 10.4. The Morgan fingerprint density at radius 1 is 1.29 bits per heavy atom. The maximum Gasteiger partial charge on any atom is 0.188 e. The van der Waals surface area contributed by atoms with Crippen molar-refractivity contribution in [3.63, 3.8) is 0 Å². The maximum absolute atomic E-state index is 11.3. The van der Waals surface area contributed by atoms with Gasteiger partial charge in [0.15, 0.2) is 5.78 Å². The second kappa shape index (κ2) is 3.55. The van der Waals surface area contributed by atoms with Crippen molar-refractivity contribution in [3.05, 3.63) is 42.1 Å². The molecule has 0 bridgehead atoms. The molecule has 0 aliphatic carbocycles. The molecule has 70 valence electrons. The molecule has 0 fully saturated rings. The summed E-state index contributed by atoms with van der Waals surface area (Å²) in [6.45, 7) is -0.464. The molecule has 2 rings (SSSR count).